The van der Waals surface area contributed by atoms with Crippen LogP contribution < -0.4 is 33.2 Å². The van der Waals surface area contributed by atoms with Crippen molar-refractivity contribution in [1.29, 1.82) is 0 Å². The number of nitrogens with two attached hydrogens (primary N) is 3. The van der Waals surface area contributed by atoms with Crippen molar-refractivity contribution in [2.24, 2.45) is 23.1 Å². The average molecular weight is 422 g/mol. The number of amides is 5. The van der Waals surface area contributed by atoms with Crippen LogP contribution in [0.15, 0.2) is 24.3 Å². The molecular weight excluding hydrogens is 392 g/mol. The Balaban J connectivity index is 2.87. The monoisotopic (exact) mass is 422 g/mol. The second kappa shape index (κ2) is 12.3. The van der Waals surface area contributed by atoms with E-state index in [4.69, 9.17) is 21.9 Å². The van der Waals surface area contributed by atoms with Crippen molar-refractivity contribution in [3.63, 3.8) is 0 Å². The number of nitrogens with one attached hydrogen (secondary N) is 3. The molecule has 0 bridgehead atoms. The minimum Gasteiger partial charge on any atom is -0.436 e. The van der Waals surface area contributed by atoms with Crippen LogP contribution in [-0.2, 0) is 20.9 Å². The largest absolute Gasteiger partial charge is 0.436 e. The Bertz CT molecular complexity index is 737. The second-order valence-electron chi connectivity index (χ2n) is 6.99. The summed E-state index contributed by atoms with van der Waals surface area (Å²) in [6.45, 7) is 3.96. The number of hydrogen-bond acceptors (Lipinski definition) is 6. The topological polar surface area (TPSA) is 192 Å². The van der Waals surface area contributed by atoms with E-state index in [0.717, 1.165) is 5.56 Å². The van der Waals surface area contributed by atoms with Gasteiger partial charge in [0.1, 0.15) is 6.04 Å². The summed E-state index contributed by atoms with van der Waals surface area (Å²) < 4.78 is 4.86. The minimum absolute atomic E-state index is 0.208. The predicted molar refractivity (Wildman–Crippen MR) is 111 cm³/mol. The first-order valence-electron chi connectivity index (χ1n) is 9.53. The van der Waals surface area contributed by atoms with E-state index in [1.165, 1.54) is 0 Å². The maximum absolute atomic E-state index is 12.8. The summed E-state index contributed by atoms with van der Waals surface area (Å²) in [7, 11) is 0. The molecule has 30 heavy (non-hydrogen) atoms. The first-order valence-corrected chi connectivity index (χ1v) is 9.53. The Hall–Kier alpha value is -3.34. The van der Waals surface area contributed by atoms with Gasteiger partial charge in [0.15, 0.2) is 6.10 Å². The lowest BCUT2D eigenvalue weighted by atomic mass is 10.0. The third kappa shape index (κ3) is 8.78. The van der Waals surface area contributed by atoms with Crippen molar-refractivity contribution in [2.75, 3.05) is 11.9 Å². The van der Waals surface area contributed by atoms with E-state index in [1.54, 1.807) is 38.1 Å². The Morgan fingerprint density at radius 3 is 2.17 bits per heavy atom. The molecule has 0 heterocycles. The fourth-order valence-electron chi connectivity index (χ4n) is 2.61. The molecule has 11 heteroatoms. The zero-order chi connectivity index (χ0) is 22.7. The third-order valence-electron chi connectivity index (χ3n) is 4.17. The predicted octanol–water partition coefficient (Wildman–Crippen LogP) is 0.137. The van der Waals surface area contributed by atoms with Gasteiger partial charge in [0, 0.05) is 18.8 Å². The van der Waals surface area contributed by atoms with Gasteiger partial charge in [0.2, 0.25) is 5.91 Å². The fourth-order valence-corrected chi connectivity index (χ4v) is 2.61. The number of benzene rings is 1. The van der Waals surface area contributed by atoms with Gasteiger partial charge in [-0.2, -0.15) is 0 Å². The van der Waals surface area contributed by atoms with Crippen LogP contribution in [0.5, 0.6) is 0 Å². The molecule has 0 saturated carbocycles. The first-order chi connectivity index (χ1) is 14.1. The maximum Gasteiger partial charge on any atom is 0.405 e. The average Bonchev–Trinajstić information content (AvgIpc) is 2.68. The van der Waals surface area contributed by atoms with Crippen molar-refractivity contribution < 1.29 is 23.9 Å². The van der Waals surface area contributed by atoms with E-state index in [9.17, 15) is 19.2 Å². The molecule has 0 aliphatic carbocycles. The van der Waals surface area contributed by atoms with Gasteiger partial charge in [-0.1, -0.05) is 26.0 Å². The van der Waals surface area contributed by atoms with Crippen molar-refractivity contribution in [1.82, 2.24) is 10.6 Å². The molecule has 1 aromatic rings. The molecular formula is C19H30N6O5. The lowest BCUT2D eigenvalue weighted by Crippen LogP contribution is -2.50. The van der Waals surface area contributed by atoms with E-state index in [0.29, 0.717) is 18.7 Å². The lowest BCUT2D eigenvalue weighted by molar-refractivity contribution is -0.134. The highest BCUT2D eigenvalue weighted by molar-refractivity contribution is 5.98. The summed E-state index contributed by atoms with van der Waals surface area (Å²) in [5.74, 6) is -1.48. The van der Waals surface area contributed by atoms with Gasteiger partial charge in [-0.15, -0.1) is 0 Å². The number of primary amides is 2. The van der Waals surface area contributed by atoms with Gasteiger partial charge in [-0.3, -0.25) is 9.59 Å². The number of rotatable bonds is 11. The summed E-state index contributed by atoms with van der Waals surface area (Å²) >= 11 is 0. The highest BCUT2D eigenvalue weighted by Crippen LogP contribution is 2.12. The second-order valence-corrected chi connectivity index (χ2v) is 6.99. The molecule has 1 aromatic carbocycles. The molecule has 11 nitrogen and oxygen atoms in total. The van der Waals surface area contributed by atoms with Crippen LogP contribution in [0.1, 0.15) is 32.3 Å². The van der Waals surface area contributed by atoms with Crippen molar-refractivity contribution in [3.8, 4) is 0 Å². The highest BCUT2D eigenvalue weighted by Gasteiger charge is 2.29. The summed E-state index contributed by atoms with van der Waals surface area (Å²) in [6.07, 6.45) is -1.66. The van der Waals surface area contributed by atoms with E-state index in [1.807, 2.05) is 0 Å². The Morgan fingerprint density at radius 2 is 1.67 bits per heavy atom. The van der Waals surface area contributed by atoms with E-state index in [-0.39, 0.29) is 18.9 Å². The molecule has 0 aliphatic rings. The number of urea groups is 1. The van der Waals surface area contributed by atoms with Crippen LogP contribution >= 0.6 is 0 Å². The number of hydrogen-bond donors (Lipinski definition) is 6. The van der Waals surface area contributed by atoms with Crippen LogP contribution in [0.2, 0.25) is 0 Å². The molecule has 2 atom stereocenters. The summed E-state index contributed by atoms with van der Waals surface area (Å²) in [5.41, 5.74) is 17.0. The van der Waals surface area contributed by atoms with Crippen LogP contribution in [-0.4, -0.2) is 42.6 Å². The van der Waals surface area contributed by atoms with Crippen molar-refractivity contribution in [2.45, 2.75) is 45.4 Å². The van der Waals surface area contributed by atoms with Gasteiger partial charge in [-0.25, -0.2) is 9.59 Å². The highest BCUT2D eigenvalue weighted by atomic mass is 16.6. The van der Waals surface area contributed by atoms with E-state index >= 15 is 0 Å². The van der Waals surface area contributed by atoms with Crippen molar-refractivity contribution >= 4 is 29.6 Å². The van der Waals surface area contributed by atoms with Gasteiger partial charge in [0.25, 0.3) is 5.91 Å². The van der Waals surface area contributed by atoms with Crippen molar-refractivity contribution in [3.05, 3.63) is 29.8 Å². The molecule has 166 valence electrons. The Kier molecular flexibility index (Phi) is 10.1. The zero-order valence-electron chi connectivity index (χ0n) is 17.1. The first kappa shape index (κ1) is 24.7. The summed E-state index contributed by atoms with van der Waals surface area (Å²) in [4.78, 5) is 47.2. The molecule has 0 saturated heterocycles. The SMILES string of the molecule is CC(C)[C@H](OC(N)=O)C(=O)N[C@@H](CCCNC(N)=O)C(=O)Nc1ccc(CN)cc1. The quantitative estimate of drug-likeness (QED) is 0.275. The number of anilines is 1. The minimum atomic E-state index is -1.15. The smallest absolute Gasteiger partial charge is 0.405 e. The van der Waals surface area contributed by atoms with Crippen LogP contribution in [0, 0.1) is 5.92 Å². The van der Waals surface area contributed by atoms with Gasteiger partial charge < -0.3 is 37.9 Å². The molecule has 0 spiro atoms. The van der Waals surface area contributed by atoms with E-state index < -0.39 is 36.1 Å². The van der Waals surface area contributed by atoms with Gasteiger partial charge in [0.05, 0.1) is 0 Å². The molecule has 0 aromatic heterocycles. The lowest BCUT2D eigenvalue weighted by Gasteiger charge is -2.24. The summed E-state index contributed by atoms with van der Waals surface area (Å²) in [5, 5.41) is 7.72. The number of carbonyl (C=O) groups is 4. The molecule has 0 fully saturated rings. The van der Waals surface area contributed by atoms with Crippen LogP contribution in [0.4, 0.5) is 15.3 Å². The standard InChI is InChI=1S/C19H30N6O5/c1-11(2)15(30-19(22)29)17(27)25-14(4-3-9-23-18(21)28)16(26)24-13-7-5-12(10-20)6-8-13/h5-8,11,14-15H,3-4,9-10,20H2,1-2H3,(H2,22,29)(H,24,26)(H,25,27)(H3,21,23,28)/t14-,15-/m0/s1. The third-order valence-corrected chi connectivity index (χ3v) is 4.17. The molecule has 5 amide bonds. The van der Waals surface area contributed by atoms with Gasteiger partial charge >= 0.3 is 12.1 Å². The van der Waals surface area contributed by atoms with Gasteiger partial charge in [-0.05, 0) is 36.5 Å². The zero-order valence-corrected chi connectivity index (χ0v) is 17.1. The van der Waals surface area contributed by atoms with E-state index in [2.05, 4.69) is 16.0 Å². The summed E-state index contributed by atoms with van der Waals surface area (Å²) in [6, 6.07) is 5.31. The maximum atomic E-state index is 12.8. The Morgan fingerprint density at radius 1 is 1.03 bits per heavy atom. The Labute approximate surface area is 175 Å². The molecule has 1 rings (SSSR count). The fraction of sp³-hybridized carbons (Fsp3) is 0.474. The van der Waals surface area contributed by atoms with Crippen LogP contribution in [0.3, 0.4) is 0 Å². The molecule has 0 radical (unpaired) electrons. The molecule has 9 N–H and O–H groups in total. The molecule has 0 unspecified atom stereocenters. The van der Waals surface area contributed by atoms with Crippen LogP contribution in [0.25, 0.3) is 0 Å². The molecule has 0 aliphatic heterocycles. The number of ether oxygens (including phenoxy) is 1. The normalized spacial score (nSPS) is 12.5. The number of carbonyl (C=O) groups excluding carboxylic acids is 4.